The molecule has 1 heterocycles. The van der Waals surface area contributed by atoms with Crippen LogP contribution in [0.2, 0.25) is 6.04 Å². The summed E-state index contributed by atoms with van der Waals surface area (Å²) in [6.07, 6.45) is 3.39. The van der Waals surface area contributed by atoms with E-state index in [-0.39, 0.29) is 0 Å². The summed E-state index contributed by atoms with van der Waals surface area (Å²) >= 11 is 0. The van der Waals surface area contributed by atoms with Crippen LogP contribution in [0.3, 0.4) is 0 Å². The summed E-state index contributed by atoms with van der Waals surface area (Å²) in [5.74, 6) is 0. The van der Waals surface area contributed by atoms with E-state index in [1.165, 1.54) is 12.8 Å². The molecule has 1 aliphatic rings. The van der Waals surface area contributed by atoms with Gasteiger partial charge in [-0.25, -0.2) is 0 Å². The van der Waals surface area contributed by atoms with Gasteiger partial charge in [-0.05, 0) is 19.3 Å². The highest BCUT2D eigenvalue weighted by atomic mass is 28.4. The number of hydroxylamine groups is 2. The van der Waals surface area contributed by atoms with Gasteiger partial charge in [0.2, 0.25) is 0 Å². The van der Waals surface area contributed by atoms with E-state index in [9.17, 15) is 0 Å². The summed E-state index contributed by atoms with van der Waals surface area (Å²) in [4.78, 5) is 5.62. The van der Waals surface area contributed by atoms with Crippen molar-refractivity contribution >= 4 is 8.80 Å². The lowest BCUT2D eigenvalue weighted by atomic mass is 10.4. The lowest BCUT2D eigenvalue weighted by molar-refractivity contribution is -0.142. The SMILES string of the molecule is CO[Si](CCCON1CCCC1)(OC)OC. The Balaban J connectivity index is 2.12. The van der Waals surface area contributed by atoms with Gasteiger partial charge in [-0.2, -0.15) is 5.06 Å². The molecule has 0 spiro atoms. The fourth-order valence-corrected chi connectivity index (χ4v) is 3.55. The molecule has 0 aromatic heterocycles. The molecule has 1 aliphatic heterocycles. The van der Waals surface area contributed by atoms with Crippen LogP contribution in [0.15, 0.2) is 0 Å². The van der Waals surface area contributed by atoms with Gasteiger partial charge in [-0.15, -0.1) is 0 Å². The van der Waals surface area contributed by atoms with Gasteiger partial charge in [0.25, 0.3) is 0 Å². The van der Waals surface area contributed by atoms with E-state index >= 15 is 0 Å². The largest absolute Gasteiger partial charge is 0.500 e. The predicted molar refractivity (Wildman–Crippen MR) is 63.0 cm³/mol. The van der Waals surface area contributed by atoms with Gasteiger partial charge in [0.15, 0.2) is 0 Å². The molecule has 0 radical (unpaired) electrons. The molecule has 6 heteroatoms. The van der Waals surface area contributed by atoms with E-state index in [0.29, 0.717) is 6.61 Å². The molecule has 0 aliphatic carbocycles. The maximum atomic E-state index is 5.62. The van der Waals surface area contributed by atoms with Crippen LogP contribution in [0.5, 0.6) is 0 Å². The number of nitrogens with zero attached hydrogens (tertiary/aromatic N) is 1. The van der Waals surface area contributed by atoms with Crippen molar-refractivity contribution < 1.29 is 18.1 Å². The zero-order valence-electron chi connectivity index (χ0n) is 10.5. The Morgan fingerprint density at radius 3 is 2.06 bits per heavy atom. The lowest BCUT2D eigenvalue weighted by Crippen LogP contribution is -2.42. The van der Waals surface area contributed by atoms with Crippen molar-refractivity contribution in [2.24, 2.45) is 0 Å². The number of rotatable bonds is 8. The topological polar surface area (TPSA) is 40.2 Å². The first kappa shape index (κ1) is 14.1. The molecule has 0 saturated carbocycles. The third kappa shape index (κ3) is 4.12. The second kappa shape index (κ2) is 7.36. The van der Waals surface area contributed by atoms with Crippen molar-refractivity contribution in [2.75, 3.05) is 41.0 Å². The van der Waals surface area contributed by atoms with Crippen molar-refractivity contribution in [3.8, 4) is 0 Å². The van der Waals surface area contributed by atoms with E-state index in [1.807, 2.05) is 5.06 Å². The van der Waals surface area contributed by atoms with Crippen molar-refractivity contribution in [3.05, 3.63) is 0 Å². The van der Waals surface area contributed by atoms with Gasteiger partial charge < -0.3 is 13.3 Å². The molecule has 1 rings (SSSR count). The minimum Gasteiger partial charge on any atom is -0.377 e. The van der Waals surface area contributed by atoms with Gasteiger partial charge >= 0.3 is 8.80 Å². The highest BCUT2D eigenvalue weighted by Gasteiger charge is 2.36. The Morgan fingerprint density at radius 1 is 1.00 bits per heavy atom. The van der Waals surface area contributed by atoms with Crippen LogP contribution in [0.25, 0.3) is 0 Å². The van der Waals surface area contributed by atoms with E-state index in [2.05, 4.69) is 0 Å². The molecular weight excluding hydrogens is 226 g/mol. The first-order chi connectivity index (χ1) is 7.76. The van der Waals surface area contributed by atoms with Crippen LogP contribution in [-0.2, 0) is 18.1 Å². The highest BCUT2D eigenvalue weighted by Crippen LogP contribution is 2.15. The highest BCUT2D eigenvalue weighted by molar-refractivity contribution is 6.60. The Labute approximate surface area is 98.9 Å². The maximum Gasteiger partial charge on any atom is 0.500 e. The molecular formula is C10H23NO4Si. The zero-order valence-corrected chi connectivity index (χ0v) is 11.5. The molecule has 0 unspecified atom stereocenters. The summed E-state index contributed by atoms with van der Waals surface area (Å²) in [7, 11) is 2.53. The fourth-order valence-electron chi connectivity index (χ4n) is 1.86. The molecule has 5 nitrogen and oxygen atoms in total. The third-order valence-corrected chi connectivity index (χ3v) is 5.73. The lowest BCUT2D eigenvalue weighted by Gasteiger charge is -2.24. The van der Waals surface area contributed by atoms with Crippen LogP contribution >= 0.6 is 0 Å². The smallest absolute Gasteiger partial charge is 0.377 e. The summed E-state index contributed by atoms with van der Waals surface area (Å²) in [6.45, 7) is 2.83. The molecule has 0 atom stereocenters. The average molecular weight is 249 g/mol. The maximum absolute atomic E-state index is 5.62. The first-order valence-electron chi connectivity index (χ1n) is 5.79. The molecule has 1 fully saturated rings. The second-order valence-corrected chi connectivity index (χ2v) is 6.96. The Kier molecular flexibility index (Phi) is 6.48. The van der Waals surface area contributed by atoms with E-state index in [4.69, 9.17) is 18.1 Å². The monoisotopic (exact) mass is 249 g/mol. The molecule has 1 saturated heterocycles. The molecule has 0 bridgehead atoms. The molecule has 0 N–H and O–H groups in total. The molecule has 16 heavy (non-hydrogen) atoms. The van der Waals surface area contributed by atoms with Crippen molar-refractivity contribution in [3.63, 3.8) is 0 Å². The minimum atomic E-state index is -2.39. The van der Waals surface area contributed by atoms with Gasteiger partial charge in [0.05, 0.1) is 6.61 Å². The summed E-state index contributed by atoms with van der Waals surface area (Å²) < 4.78 is 16.0. The van der Waals surface area contributed by atoms with Gasteiger partial charge in [-0.3, -0.25) is 4.84 Å². The van der Waals surface area contributed by atoms with E-state index in [1.54, 1.807) is 21.3 Å². The Bertz CT molecular complexity index is 175. The number of hydrogen-bond donors (Lipinski definition) is 0. The summed E-state index contributed by atoms with van der Waals surface area (Å²) in [5.41, 5.74) is 0. The van der Waals surface area contributed by atoms with Crippen LogP contribution in [0.1, 0.15) is 19.3 Å². The van der Waals surface area contributed by atoms with Gasteiger partial charge in [-0.1, -0.05) is 0 Å². The van der Waals surface area contributed by atoms with Gasteiger partial charge in [0.1, 0.15) is 0 Å². The summed E-state index contributed by atoms with van der Waals surface area (Å²) in [5, 5.41) is 2.04. The number of hydrogen-bond acceptors (Lipinski definition) is 5. The molecule has 96 valence electrons. The molecule has 0 amide bonds. The fraction of sp³-hybridized carbons (Fsp3) is 1.00. The standard InChI is InChI=1S/C10H23NO4Si/c1-12-16(13-2,14-3)10-6-9-15-11-7-4-5-8-11/h4-10H2,1-3H3. The first-order valence-corrected chi connectivity index (χ1v) is 7.73. The second-order valence-electron chi connectivity index (χ2n) is 3.87. The van der Waals surface area contributed by atoms with Crippen molar-refractivity contribution in [1.82, 2.24) is 5.06 Å². The summed E-state index contributed by atoms with van der Waals surface area (Å²) in [6, 6.07) is 0.796. The molecule has 0 aromatic rings. The van der Waals surface area contributed by atoms with Crippen molar-refractivity contribution in [1.29, 1.82) is 0 Å². The van der Waals surface area contributed by atoms with E-state index < -0.39 is 8.80 Å². The van der Waals surface area contributed by atoms with Crippen LogP contribution < -0.4 is 0 Å². The quantitative estimate of drug-likeness (QED) is 0.479. The normalized spacial score (nSPS) is 18.2. The molecule has 0 aromatic carbocycles. The Hall–Kier alpha value is 0.0169. The minimum absolute atomic E-state index is 0.713. The van der Waals surface area contributed by atoms with E-state index in [0.717, 1.165) is 25.6 Å². The van der Waals surface area contributed by atoms with Crippen LogP contribution in [-0.4, -0.2) is 54.9 Å². The Morgan fingerprint density at radius 2 is 1.56 bits per heavy atom. The van der Waals surface area contributed by atoms with Crippen LogP contribution in [0.4, 0.5) is 0 Å². The van der Waals surface area contributed by atoms with Gasteiger partial charge in [0, 0.05) is 40.5 Å². The van der Waals surface area contributed by atoms with Crippen molar-refractivity contribution in [2.45, 2.75) is 25.3 Å². The van der Waals surface area contributed by atoms with Crippen LogP contribution in [0, 0.1) is 0 Å². The average Bonchev–Trinajstić information content (AvgIpc) is 2.83. The zero-order chi connectivity index (χ0) is 11.9. The third-order valence-electron chi connectivity index (χ3n) is 2.90. The predicted octanol–water partition coefficient (Wildman–Crippen LogP) is 1.28.